The zero-order chi connectivity index (χ0) is 14.0. The summed E-state index contributed by atoms with van der Waals surface area (Å²) in [5, 5.41) is 10.8. The normalized spacial score (nSPS) is 12.3. The van der Waals surface area contributed by atoms with E-state index in [1.807, 2.05) is 13.0 Å². The smallest absolute Gasteiger partial charge is 0.165 e. The van der Waals surface area contributed by atoms with Crippen LogP contribution in [0.2, 0.25) is 5.02 Å². The van der Waals surface area contributed by atoms with Crippen molar-refractivity contribution in [3.05, 3.63) is 63.9 Å². The first-order valence-corrected chi connectivity index (χ1v) is 6.17. The Morgan fingerprint density at radius 3 is 2.47 bits per heavy atom. The number of ether oxygens (including phenoxy) is 1. The number of hydrogen-bond acceptors (Lipinski definition) is 2. The molecule has 1 N–H and O–H groups in total. The number of aliphatic hydroxyl groups is 1. The highest BCUT2D eigenvalue weighted by molar-refractivity contribution is 6.30. The molecule has 2 aromatic rings. The fourth-order valence-electron chi connectivity index (χ4n) is 1.97. The first-order chi connectivity index (χ1) is 9.01. The summed E-state index contributed by atoms with van der Waals surface area (Å²) in [6.07, 6.45) is -0.919. The van der Waals surface area contributed by atoms with E-state index in [0.717, 1.165) is 5.56 Å². The predicted octanol–water partition coefficient (Wildman–Crippen LogP) is 3.88. The van der Waals surface area contributed by atoms with Gasteiger partial charge in [-0.1, -0.05) is 23.7 Å². The lowest BCUT2D eigenvalue weighted by atomic mass is 10.00. The zero-order valence-electron chi connectivity index (χ0n) is 10.7. The highest BCUT2D eigenvalue weighted by Gasteiger charge is 2.14. The van der Waals surface area contributed by atoms with Crippen LogP contribution in [0.15, 0.2) is 36.4 Å². The van der Waals surface area contributed by atoms with Gasteiger partial charge in [0.15, 0.2) is 11.6 Å². The molecule has 0 saturated heterocycles. The van der Waals surface area contributed by atoms with Crippen LogP contribution in [0.5, 0.6) is 5.75 Å². The van der Waals surface area contributed by atoms with Crippen molar-refractivity contribution in [3.8, 4) is 5.75 Å². The van der Waals surface area contributed by atoms with Crippen molar-refractivity contribution in [2.45, 2.75) is 13.0 Å². The van der Waals surface area contributed by atoms with Crippen LogP contribution in [0.4, 0.5) is 4.39 Å². The van der Waals surface area contributed by atoms with Crippen molar-refractivity contribution in [1.82, 2.24) is 0 Å². The molecule has 100 valence electrons. The minimum Gasteiger partial charge on any atom is -0.494 e. The number of benzene rings is 2. The van der Waals surface area contributed by atoms with Gasteiger partial charge in [-0.05, 0) is 47.9 Å². The maximum atomic E-state index is 13.6. The second-order valence-corrected chi connectivity index (χ2v) is 4.79. The molecule has 2 nitrogen and oxygen atoms in total. The summed E-state index contributed by atoms with van der Waals surface area (Å²) in [5.74, 6) is -0.351. The van der Waals surface area contributed by atoms with Gasteiger partial charge in [-0.3, -0.25) is 0 Å². The Labute approximate surface area is 116 Å². The van der Waals surface area contributed by atoms with E-state index in [1.165, 1.54) is 19.2 Å². The van der Waals surface area contributed by atoms with Crippen LogP contribution in [-0.4, -0.2) is 12.2 Å². The van der Waals surface area contributed by atoms with Gasteiger partial charge in [0.05, 0.1) is 7.11 Å². The van der Waals surface area contributed by atoms with Crippen molar-refractivity contribution >= 4 is 11.6 Å². The summed E-state index contributed by atoms with van der Waals surface area (Å²) >= 11 is 5.96. The Morgan fingerprint density at radius 2 is 1.89 bits per heavy atom. The van der Waals surface area contributed by atoms with Crippen LogP contribution in [-0.2, 0) is 0 Å². The maximum Gasteiger partial charge on any atom is 0.165 e. The number of halogens is 2. The van der Waals surface area contributed by atoms with Crippen molar-refractivity contribution in [2.75, 3.05) is 7.11 Å². The highest BCUT2D eigenvalue weighted by atomic mass is 35.5. The van der Waals surface area contributed by atoms with E-state index >= 15 is 0 Å². The Hall–Kier alpha value is -1.58. The average molecular weight is 281 g/mol. The molecule has 0 aliphatic heterocycles. The molecule has 0 radical (unpaired) electrons. The molecular formula is C15H14ClFO2. The summed E-state index contributed by atoms with van der Waals surface area (Å²) in [6, 6.07) is 9.67. The second-order valence-electron chi connectivity index (χ2n) is 4.36. The molecule has 1 unspecified atom stereocenters. The molecule has 0 aliphatic rings. The number of hydrogen-bond donors (Lipinski definition) is 1. The summed E-state index contributed by atoms with van der Waals surface area (Å²) in [5.41, 5.74) is 2.03. The van der Waals surface area contributed by atoms with Crippen molar-refractivity contribution in [2.24, 2.45) is 0 Å². The largest absolute Gasteiger partial charge is 0.494 e. The third-order valence-electron chi connectivity index (χ3n) is 2.87. The Balaban J connectivity index is 2.38. The lowest BCUT2D eigenvalue weighted by Crippen LogP contribution is -2.01. The van der Waals surface area contributed by atoms with E-state index in [2.05, 4.69) is 0 Å². The first kappa shape index (κ1) is 13.8. The number of methoxy groups -OCH3 is 1. The van der Waals surface area contributed by atoms with E-state index in [4.69, 9.17) is 16.3 Å². The Kier molecular flexibility index (Phi) is 4.08. The van der Waals surface area contributed by atoms with E-state index in [9.17, 15) is 9.50 Å². The molecule has 4 heteroatoms. The van der Waals surface area contributed by atoms with Crippen LogP contribution < -0.4 is 4.74 Å². The Morgan fingerprint density at radius 1 is 1.16 bits per heavy atom. The van der Waals surface area contributed by atoms with Gasteiger partial charge in [0.2, 0.25) is 0 Å². The van der Waals surface area contributed by atoms with Crippen LogP contribution in [0, 0.1) is 12.7 Å². The van der Waals surface area contributed by atoms with E-state index < -0.39 is 11.9 Å². The maximum absolute atomic E-state index is 13.6. The molecule has 0 aromatic heterocycles. The molecule has 2 aromatic carbocycles. The van der Waals surface area contributed by atoms with Crippen LogP contribution in [0.3, 0.4) is 0 Å². The van der Waals surface area contributed by atoms with Crippen LogP contribution in [0.1, 0.15) is 22.8 Å². The molecule has 0 spiro atoms. The number of aryl methyl sites for hydroxylation is 1. The minimum atomic E-state index is -0.919. The second kappa shape index (κ2) is 5.59. The van der Waals surface area contributed by atoms with Crippen molar-refractivity contribution in [1.29, 1.82) is 0 Å². The molecule has 2 rings (SSSR count). The topological polar surface area (TPSA) is 29.5 Å². The van der Waals surface area contributed by atoms with Gasteiger partial charge in [0, 0.05) is 5.02 Å². The third kappa shape index (κ3) is 3.06. The predicted molar refractivity (Wildman–Crippen MR) is 73.2 cm³/mol. The van der Waals surface area contributed by atoms with Gasteiger partial charge >= 0.3 is 0 Å². The van der Waals surface area contributed by atoms with Gasteiger partial charge in [0.25, 0.3) is 0 Å². The van der Waals surface area contributed by atoms with Gasteiger partial charge in [-0.2, -0.15) is 0 Å². The molecule has 0 fully saturated rings. The highest BCUT2D eigenvalue weighted by Crippen LogP contribution is 2.28. The van der Waals surface area contributed by atoms with Crippen molar-refractivity contribution < 1.29 is 14.2 Å². The lowest BCUT2D eigenvalue weighted by Gasteiger charge is -2.14. The molecule has 19 heavy (non-hydrogen) atoms. The van der Waals surface area contributed by atoms with Crippen LogP contribution >= 0.6 is 11.6 Å². The Bertz CT molecular complexity index is 578. The minimum absolute atomic E-state index is 0.151. The summed E-state index contributed by atoms with van der Waals surface area (Å²) in [7, 11) is 1.40. The third-order valence-corrected chi connectivity index (χ3v) is 3.09. The van der Waals surface area contributed by atoms with E-state index in [0.29, 0.717) is 16.1 Å². The molecular weight excluding hydrogens is 267 g/mol. The molecule has 0 aliphatic carbocycles. The molecule has 1 atom stereocenters. The molecule has 0 amide bonds. The van der Waals surface area contributed by atoms with Gasteiger partial charge in [-0.15, -0.1) is 0 Å². The van der Waals surface area contributed by atoms with E-state index in [-0.39, 0.29) is 5.75 Å². The molecule has 0 bridgehead atoms. The quantitative estimate of drug-likeness (QED) is 0.924. The number of rotatable bonds is 3. The summed E-state index contributed by atoms with van der Waals surface area (Å²) in [6.45, 7) is 1.89. The molecule has 0 heterocycles. The SMILES string of the molecule is COc1ccc(C(O)c2cc(C)cc(Cl)c2)cc1F. The lowest BCUT2D eigenvalue weighted by molar-refractivity contribution is 0.219. The van der Waals surface area contributed by atoms with Gasteiger partial charge < -0.3 is 9.84 Å². The summed E-state index contributed by atoms with van der Waals surface area (Å²) < 4.78 is 18.5. The molecule has 0 saturated carbocycles. The van der Waals surface area contributed by atoms with Gasteiger partial charge in [0.1, 0.15) is 6.10 Å². The first-order valence-electron chi connectivity index (χ1n) is 5.80. The van der Waals surface area contributed by atoms with E-state index in [1.54, 1.807) is 18.2 Å². The van der Waals surface area contributed by atoms with Gasteiger partial charge in [-0.25, -0.2) is 4.39 Å². The summed E-state index contributed by atoms with van der Waals surface area (Å²) in [4.78, 5) is 0. The fourth-order valence-corrected chi connectivity index (χ4v) is 2.27. The number of aliphatic hydroxyl groups excluding tert-OH is 1. The zero-order valence-corrected chi connectivity index (χ0v) is 11.4. The fraction of sp³-hybridized carbons (Fsp3) is 0.200. The monoisotopic (exact) mass is 280 g/mol. The van der Waals surface area contributed by atoms with Crippen LogP contribution in [0.25, 0.3) is 0 Å². The average Bonchev–Trinajstić information content (AvgIpc) is 2.36. The standard InChI is InChI=1S/C15H14ClFO2/c1-9-5-11(7-12(16)6-9)15(18)10-3-4-14(19-2)13(17)8-10/h3-8,15,18H,1-2H3. The van der Waals surface area contributed by atoms with Crippen molar-refractivity contribution in [3.63, 3.8) is 0 Å².